The summed E-state index contributed by atoms with van der Waals surface area (Å²) in [6, 6.07) is 11.4. The Morgan fingerprint density at radius 1 is 1.21 bits per heavy atom. The smallest absolute Gasteiger partial charge is 0.306 e. The van der Waals surface area contributed by atoms with Crippen molar-refractivity contribution >= 4 is 17.3 Å². The zero-order chi connectivity index (χ0) is 23.5. The normalized spacial score (nSPS) is 14.4. The molecule has 1 aliphatic heterocycles. The molecule has 0 atom stereocenters. The fourth-order valence-electron chi connectivity index (χ4n) is 4.16. The molecule has 1 saturated heterocycles. The van der Waals surface area contributed by atoms with Crippen LogP contribution in [0.3, 0.4) is 0 Å². The summed E-state index contributed by atoms with van der Waals surface area (Å²) in [5.74, 6) is -0.857. The molecule has 0 aliphatic carbocycles. The number of carbonyl (C=O) groups excluding carboxylic acids is 1. The van der Waals surface area contributed by atoms with Crippen molar-refractivity contribution in [1.29, 1.82) is 0 Å². The minimum atomic E-state index is -0.953. The number of piperidine rings is 1. The number of nitrogens with one attached hydrogen (secondary N) is 2. The van der Waals surface area contributed by atoms with Gasteiger partial charge >= 0.3 is 5.69 Å². The van der Waals surface area contributed by atoms with Crippen LogP contribution in [-0.2, 0) is 0 Å². The summed E-state index contributed by atoms with van der Waals surface area (Å²) in [6.45, 7) is 5.94. The summed E-state index contributed by atoms with van der Waals surface area (Å²) < 4.78 is 15.5. The lowest BCUT2D eigenvalue weighted by molar-refractivity contribution is -0.387. The zero-order valence-corrected chi connectivity index (χ0v) is 18.5. The van der Waals surface area contributed by atoms with Gasteiger partial charge in [-0.25, -0.2) is 4.68 Å². The van der Waals surface area contributed by atoms with Gasteiger partial charge in [-0.2, -0.15) is 9.49 Å². The second-order valence-corrected chi connectivity index (χ2v) is 8.50. The number of anilines is 1. The summed E-state index contributed by atoms with van der Waals surface area (Å²) in [5.41, 5.74) is 2.75. The number of amides is 1. The molecule has 1 aromatic heterocycles. The number of benzene rings is 2. The third-order valence-corrected chi connectivity index (χ3v) is 5.98. The van der Waals surface area contributed by atoms with Crippen LogP contribution in [0.2, 0.25) is 0 Å². The second kappa shape index (κ2) is 9.50. The van der Waals surface area contributed by atoms with Gasteiger partial charge in [-0.3, -0.25) is 14.9 Å². The average molecular weight is 452 g/mol. The van der Waals surface area contributed by atoms with Crippen molar-refractivity contribution < 1.29 is 14.1 Å². The predicted octanol–water partition coefficient (Wildman–Crippen LogP) is 4.76. The second-order valence-electron chi connectivity index (χ2n) is 8.50. The van der Waals surface area contributed by atoms with E-state index in [1.54, 1.807) is 0 Å². The van der Waals surface area contributed by atoms with E-state index in [1.807, 2.05) is 16.8 Å². The Morgan fingerprint density at radius 2 is 1.91 bits per heavy atom. The fourth-order valence-corrected chi connectivity index (χ4v) is 4.16. The quantitative estimate of drug-likeness (QED) is 0.415. The Hall–Kier alpha value is -3.59. The van der Waals surface area contributed by atoms with E-state index in [1.165, 1.54) is 17.8 Å². The van der Waals surface area contributed by atoms with Gasteiger partial charge in [0.25, 0.3) is 5.91 Å². The Morgan fingerprint density at radius 3 is 2.55 bits per heavy atom. The highest BCUT2D eigenvalue weighted by molar-refractivity contribution is 6.05. The zero-order valence-electron chi connectivity index (χ0n) is 18.5. The van der Waals surface area contributed by atoms with Crippen LogP contribution in [0.4, 0.5) is 15.8 Å². The number of hydrogen-bond donors (Lipinski definition) is 2. The van der Waals surface area contributed by atoms with Crippen LogP contribution in [0.25, 0.3) is 5.69 Å². The number of aromatic nitrogens is 2. The number of nitro benzene ring substituents is 1. The number of hydrogen-bond acceptors (Lipinski definition) is 5. The molecule has 2 N–H and O–H groups in total. The minimum absolute atomic E-state index is 0.127. The third-order valence-electron chi connectivity index (χ3n) is 5.98. The fraction of sp³-hybridized carbons (Fsp3) is 0.333. The van der Waals surface area contributed by atoms with Crippen molar-refractivity contribution in [3.8, 4) is 5.69 Å². The molecule has 9 heteroatoms. The summed E-state index contributed by atoms with van der Waals surface area (Å²) in [5, 5.41) is 21.6. The predicted molar refractivity (Wildman–Crippen MR) is 124 cm³/mol. The van der Waals surface area contributed by atoms with Gasteiger partial charge in [0.15, 0.2) is 0 Å². The largest absolute Gasteiger partial charge is 0.322 e. The van der Waals surface area contributed by atoms with Crippen molar-refractivity contribution in [3.05, 3.63) is 81.4 Å². The molecular weight excluding hydrogens is 425 g/mol. The number of halogens is 1. The maximum absolute atomic E-state index is 13.7. The molecule has 3 aromatic rings. The molecule has 2 aromatic carbocycles. The summed E-state index contributed by atoms with van der Waals surface area (Å²) in [7, 11) is 0. The molecule has 0 spiro atoms. The van der Waals surface area contributed by atoms with Crippen molar-refractivity contribution in [1.82, 2.24) is 15.1 Å². The maximum atomic E-state index is 13.7. The van der Waals surface area contributed by atoms with Gasteiger partial charge in [0.1, 0.15) is 0 Å². The summed E-state index contributed by atoms with van der Waals surface area (Å²) in [4.78, 5) is 23.4. The van der Waals surface area contributed by atoms with E-state index < -0.39 is 22.3 Å². The number of carbonyl (C=O) groups is 1. The Balaban J connectivity index is 1.70. The van der Waals surface area contributed by atoms with Gasteiger partial charge in [0.05, 0.1) is 28.1 Å². The molecule has 1 amide bonds. The lowest BCUT2D eigenvalue weighted by Gasteiger charge is -2.25. The first-order valence-electron chi connectivity index (χ1n) is 11.0. The molecule has 1 fully saturated rings. The lowest BCUT2D eigenvalue weighted by Crippen LogP contribution is -2.29. The SMILES string of the molecule is CC(C)c1ccc(-n2ncc(C(=O)Nc3ccc(F)c([N+](=O)[O-])c3)c2C2CCNCC2)cc1. The molecule has 33 heavy (non-hydrogen) atoms. The topological polar surface area (TPSA) is 102 Å². The highest BCUT2D eigenvalue weighted by Gasteiger charge is 2.27. The van der Waals surface area contributed by atoms with Crippen LogP contribution in [0, 0.1) is 15.9 Å². The summed E-state index contributed by atoms with van der Waals surface area (Å²) in [6.07, 6.45) is 3.25. The first-order valence-corrected chi connectivity index (χ1v) is 11.0. The molecular formula is C24H26FN5O3. The van der Waals surface area contributed by atoms with Crippen LogP contribution >= 0.6 is 0 Å². The van der Waals surface area contributed by atoms with E-state index in [2.05, 4.69) is 41.7 Å². The van der Waals surface area contributed by atoms with Gasteiger partial charge in [0, 0.05) is 17.7 Å². The van der Waals surface area contributed by atoms with Crippen LogP contribution in [-0.4, -0.2) is 33.7 Å². The van der Waals surface area contributed by atoms with Crippen molar-refractivity contribution in [3.63, 3.8) is 0 Å². The van der Waals surface area contributed by atoms with E-state index in [9.17, 15) is 19.3 Å². The molecule has 4 rings (SSSR count). The third kappa shape index (κ3) is 4.78. The van der Waals surface area contributed by atoms with E-state index >= 15 is 0 Å². The Kier molecular flexibility index (Phi) is 6.50. The van der Waals surface area contributed by atoms with Crippen LogP contribution in [0.1, 0.15) is 60.1 Å². The molecule has 8 nitrogen and oxygen atoms in total. The van der Waals surface area contributed by atoms with E-state index in [0.29, 0.717) is 11.5 Å². The van der Waals surface area contributed by atoms with E-state index in [4.69, 9.17) is 0 Å². The van der Waals surface area contributed by atoms with Crippen LogP contribution < -0.4 is 10.6 Å². The number of rotatable bonds is 6. The highest BCUT2D eigenvalue weighted by Crippen LogP contribution is 2.31. The lowest BCUT2D eigenvalue weighted by atomic mass is 9.91. The molecule has 0 radical (unpaired) electrons. The molecule has 172 valence electrons. The first-order chi connectivity index (χ1) is 15.8. The number of nitro groups is 1. The van der Waals surface area contributed by atoms with Crippen LogP contribution in [0.15, 0.2) is 48.7 Å². The molecule has 0 unspecified atom stereocenters. The molecule has 1 aliphatic rings. The van der Waals surface area contributed by atoms with Crippen molar-refractivity contribution in [2.75, 3.05) is 18.4 Å². The van der Waals surface area contributed by atoms with E-state index in [-0.39, 0.29) is 11.6 Å². The number of nitrogens with zero attached hydrogens (tertiary/aromatic N) is 3. The average Bonchev–Trinajstić information content (AvgIpc) is 3.26. The van der Waals surface area contributed by atoms with Gasteiger partial charge in [-0.05, 0) is 61.7 Å². The van der Waals surface area contributed by atoms with Crippen molar-refractivity contribution in [2.24, 2.45) is 0 Å². The molecule has 0 bridgehead atoms. The van der Waals surface area contributed by atoms with Crippen molar-refractivity contribution in [2.45, 2.75) is 38.5 Å². The van der Waals surface area contributed by atoms with Gasteiger partial charge in [0.2, 0.25) is 5.82 Å². The van der Waals surface area contributed by atoms with Gasteiger partial charge in [-0.1, -0.05) is 26.0 Å². The monoisotopic (exact) mass is 451 g/mol. The van der Waals surface area contributed by atoms with Gasteiger partial charge in [-0.15, -0.1) is 0 Å². The van der Waals surface area contributed by atoms with Crippen LogP contribution in [0.5, 0.6) is 0 Å². The Labute approximate surface area is 191 Å². The molecule has 0 saturated carbocycles. The first kappa shape index (κ1) is 22.6. The summed E-state index contributed by atoms with van der Waals surface area (Å²) >= 11 is 0. The van der Waals surface area contributed by atoms with Gasteiger partial charge < -0.3 is 10.6 Å². The standard InChI is InChI=1S/C24H26FN5O3/c1-15(2)16-3-6-19(7-4-16)29-23(17-9-11-26-12-10-17)20(14-27-29)24(31)28-18-5-8-21(25)22(13-18)30(32)33/h3-8,13-15,17,26H,9-12H2,1-2H3,(H,28,31). The highest BCUT2D eigenvalue weighted by atomic mass is 19.1. The van der Waals surface area contributed by atoms with E-state index in [0.717, 1.165) is 49.4 Å². The maximum Gasteiger partial charge on any atom is 0.306 e. The minimum Gasteiger partial charge on any atom is -0.322 e. The molecule has 2 heterocycles. The Bertz CT molecular complexity index is 1170.